The molecule has 5 rings (SSSR count). The molecule has 1 aromatic carbocycles. The molecule has 1 aromatic heterocycles. The number of fused-ring (bicyclic) bond motifs is 1. The van der Waals surface area contributed by atoms with E-state index in [0.717, 1.165) is 56.0 Å². The van der Waals surface area contributed by atoms with Crippen LogP contribution in [0.25, 0.3) is 0 Å². The highest BCUT2D eigenvalue weighted by Crippen LogP contribution is 2.42. The van der Waals surface area contributed by atoms with Crippen molar-refractivity contribution in [1.82, 2.24) is 9.88 Å². The Balaban J connectivity index is 1.14. The molecule has 4 heterocycles. The Kier molecular flexibility index (Phi) is 5.36. The van der Waals surface area contributed by atoms with Crippen LogP contribution in [0.1, 0.15) is 52.9 Å². The van der Waals surface area contributed by atoms with Crippen molar-refractivity contribution in [3.8, 4) is 6.07 Å². The van der Waals surface area contributed by atoms with Crippen LogP contribution in [0.5, 0.6) is 0 Å². The lowest BCUT2D eigenvalue weighted by Crippen LogP contribution is -2.60. The first-order valence-electron chi connectivity index (χ1n) is 11.3. The second kappa shape index (κ2) is 8.19. The predicted molar refractivity (Wildman–Crippen MR) is 119 cm³/mol. The number of piperidine rings is 1. The third kappa shape index (κ3) is 3.96. The topological polar surface area (TPSA) is 89.7 Å². The van der Waals surface area contributed by atoms with E-state index < -0.39 is 6.10 Å². The molecule has 2 saturated heterocycles. The number of β-amino-alcohol motifs (C(OH)–C–C–N with tert-alkyl or cyclic N) is 1. The van der Waals surface area contributed by atoms with Gasteiger partial charge in [-0.3, -0.25) is 0 Å². The standard InChI is InChI=1S/C25H28N4O3/c1-17-10-20-11-19(3-4-21(20)24(31)32-17)22(30)14-28-8-6-25(7-9-28)15-29(16-25)23-5-2-18(12-26)13-27-23/h2-5,11,13,17,22,30H,6-10,14-16H2,1H3/t17-,22?/m0/s1. The fraction of sp³-hybridized carbons (Fsp3) is 0.480. The maximum Gasteiger partial charge on any atom is 0.338 e. The zero-order valence-electron chi connectivity index (χ0n) is 18.3. The van der Waals surface area contributed by atoms with E-state index in [1.54, 1.807) is 12.3 Å². The van der Waals surface area contributed by atoms with E-state index >= 15 is 0 Å². The number of aliphatic hydroxyl groups excluding tert-OH is 1. The van der Waals surface area contributed by atoms with Crippen molar-refractivity contribution >= 4 is 11.8 Å². The number of benzene rings is 1. The van der Waals surface area contributed by atoms with Crippen molar-refractivity contribution in [2.45, 2.75) is 38.4 Å². The summed E-state index contributed by atoms with van der Waals surface area (Å²) in [5.74, 6) is 0.671. The van der Waals surface area contributed by atoms with E-state index in [1.165, 1.54) is 0 Å². The molecule has 2 fully saturated rings. The maximum absolute atomic E-state index is 12.0. The van der Waals surface area contributed by atoms with Crippen molar-refractivity contribution in [3.05, 3.63) is 58.8 Å². The number of hydrogen-bond acceptors (Lipinski definition) is 7. The van der Waals surface area contributed by atoms with Gasteiger partial charge in [0.05, 0.1) is 17.2 Å². The van der Waals surface area contributed by atoms with Crippen LogP contribution in [0.2, 0.25) is 0 Å². The van der Waals surface area contributed by atoms with Gasteiger partial charge in [0.15, 0.2) is 0 Å². The first kappa shape index (κ1) is 20.9. The number of carbonyl (C=O) groups is 1. The summed E-state index contributed by atoms with van der Waals surface area (Å²) in [6, 6.07) is 11.5. The average molecular weight is 433 g/mol. The van der Waals surface area contributed by atoms with Crippen LogP contribution in [0.4, 0.5) is 5.82 Å². The summed E-state index contributed by atoms with van der Waals surface area (Å²) >= 11 is 0. The highest BCUT2D eigenvalue weighted by Gasteiger charge is 2.45. The molecule has 0 radical (unpaired) electrons. The zero-order valence-corrected chi connectivity index (χ0v) is 18.3. The van der Waals surface area contributed by atoms with Crippen LogP contribution in [-0.2, 0) is 11.2 Å². The van der Waals surface area contributed by atoms with Crippen LogP contribution >= 0.6 is 0 Å². The number of likely N-dealkylation sites (tertiary alicyclic amines) is 1. The van der Waals surface area contributed by atoms with Gasteiger partial charge >= 0.3 is 5.97 Å². The maximum atomic E-state index is 12.0. The third-order valence-electron chi connectivity index (χ3n) is 7.15. The summed E-state index contributed by atoms with van der Waals surface area (Å²) in [5.41, 5.74) is 3.37. The van der Waals surface area contributed by atoms with Gasteiger partial charge in [-0.05, 0) is 62.2 Å². The van der Waals surface area contributed by atoms with E-state index in [1.807, 2.05) is 31.2 Å². The molecule has 166 valence electrons. The molecule has 0 saturated carbocycles. The second-order valence-corrected chi connectivity index (χ2v) is 9.53. The summed E-state index contributed by atoms with van der Waals surface area (Å²) in [7, 11) is 0. The molecule has 2 aromatic rings. The quantitative estimate of drug-likeness (QED) is 0.743. The monoisotopic (exact) mass is 432 g/mol. The minimum absolute atomic E-state index is 0.123. The number of ether oxygens (including phenoxy) is 1. The molecule has 7 heteroatoms. The molecule has 32 heavy (non-hydrogen) atoms. The third-order valence-corrected chi connectivity index (χ3v) is 7.15. The van der Waals surface area contributed by atoms with Crippen molar-refractivity contribution < 1.29 is 14.6 Å². The number of carbonyl (C=O) groups excluding carboxylic acids is 1. The van der Waals surface area contributed by atoms with Gasteiger partial charge in [0, 0.05) is 37.7 Å². The van der Waals surface area contributed by atoms with Crippen molar-refractivity contribution in [2.24, 2.45) is 5.41 Å². The Bertz CT molecular complexity index is 1050. The van der Waals surface area contributed by atoms with E-state index in [2.05, 4.69) is 20.9 Å². The molecule has 1 unspecified atom stereocenters. The minimum Gasteiger partial charge on any atom is -0.459 e. The summed E-state index contributed by atoms with van der Waals surface area (Å²) in [5, 5.41) is 19.8. The van der Waals surface area contributed by atoms with Gasteiger partial charge in [0.2, 0.25) is 0 Å². The SMILES string of the molecule is C[C@H]1Cc2cc(C(O)CN3CCC4(CC3)CN(c3ccc(C#N)cn3)C4)ccc2C(=O)O1. The van der Waals surface area contributed by atoms with E-state index in [9.17, 15) is 9.90 Å². The molecule has 0 amide bonds. The number of aliphatic hydroxyl groups is 1. The number of rotatable bonds is 4. The Morgan fingerprint density at radius 1 is 1.28 bits per heavy atom. The molecule has 0 aliphatic carbocycles. The van der Waals surface area contributed by atoms with Crippen LogP contribution in [0.3, 0.4) is 0 Å². The first-order chi connectivity index (χ1) is 15.4. The number of pyridine rings is 1. The number of nitriles is 1. The number of hydrogen-bond donors (Lipinski definition) is 1. The highest BCUT2D eigenvalue weighted by atomic mass is 16.5. The van der Waals surface area contributed by atoms with E-state index in [0.29, 0.717) is 29.5 Å². The zero-order chi connectivity index (χ0) is 22.3. The molecule has 3 aliphatic rings. The van der Waals surface area contributed by atoms with Crippen LogP contribution in [-0.4, -0.2) is 59.8 Å². The van der Waals surface area contributed by atoms with Gasteiger partial charge in [0.25, 0.3) is 0 Å². The minimum atomic E-state index is -0.566. The smallest absolute Gasteiger partial charge is 0.338 e. The molecule has 0 bridgehead atoms. The van der Waals surface area contributed by atoms with Crippen molar-refractivity contribution in [2.75, 3.05) is 37.6 Å². The number of aromatic nitrogens is 1. The molecule has 2 atom stereocenters. The van der Waals surface area contributed by atoms with Gasteiger partial charge < -0.3 is 19.6 Å². The lowest BCUT2D eigenvalue weighted by molar-refractivity contribution is 0.0299. The molecule has 1 N–H and O–H groups in total. The fourth-order valence-corrected chi connectivity index (χ4v) is 5.23. The molecule has 3 aliphatic heterocycles. The summed E-state index contributed by atoms with van der Waals surface area (Å²) < 4.78 is 5.29. The fourth-order valence-electron chi connectivity index (χ4n) is 5.23. The summed E-state index contributed by atoms with van der Waals surface area (Å²) in [6.45, 7) is 6.45. The van der Waals surface area contributed by atoms with Crippen LogP contribution in [0.15, 0.2) is 36.5 Å². The van der Waals surface area contributed by atoms with Gasteiger partial charge in [0.1, 0.15) is 18.0 Å². The Hall–Kier alpha value is -2.95. The Labute approximate surface area is 188 Å². The Morgan fingerprint density at radius 3 is 2.75 bits per heavy atom. The van der Waals surface area contributed by atoms with Gasteiger partial charge in [-0.1, -0.05) is 12.1 Å². The average Bonchev–Trinajstić information content (AvgIpc) is 2.78. The van der Waals surface area contributed by atoms with E-state index in [4.69, 9.17) is 10.00 Å². The molecule has 1 spiro atoms. The predicted octanol–water partition coefficient (Wildman–Crippen LogP) is 2.69. The first-order valence-corrected chi connectivity index (χ1v) is 11.3. The van der Waals surface area contributed by atoms with Crippen LogP contribution < -0.4 is 4.90 Å². The molecular formula is C25H28N4O3. The number of cyclic esters (lactones) is 1. The normalized spacial score (nSPS) is 23.1. The number of nitrogens with zero attached hydrogens (tertiary/aromatic N) is 4. The van der Waals surface area contributed by atoms with Gasteiger partial charge in [-0.2, -0.15) is 5.26 Å². The van der Waals surface area contributed by atoms with Gasteiger partial charge in [-0.15, -0.1) is 0 Å². The number of esters is 1. The Morgan fingerprint density at radius 2 is 2.06 bits per heavy atom. The lowest BCUT2D eigenvalue weighted by Gasteiger charge is -2.54. The van der Waals surface area contributed by atoms with Gasteiger partial charge in [-0.25, -0.2) is 9.78 Å². The molecule has 7 nitrogen and oxygen atoms in total. The summed E-state index contributed by atoms with van der Waals surface area (Å²) in [6.07, 6.45) is 3.86. The summed E-state index contributed by atoms with van der Waals surface area (Å²) in [4.78, 5) is 21.1. The highest BCUT2D eigenvalue weighted by molar-refractivity contribution is 5.92. The molecular weight excluding hydrogens is 404 g/mol. The largest absolute Gasteiger partial charge is 0.459 e. The van der Waals surface area contributed by atoms with Crippen LogP contribution in [0, 0.1) is 16.7 Å². The lowest BCUT2D eigenvalue weighted by atomic mass is 9.72. The van der Waals surface area contributed by atoms with Crippen molar-refractivity contribution in [1.29, 1.82) is 5.26 Å². The van der Waals surface area contributed by atoms with E-state index in [-0.39, 0.29) is 12.1 Å². The number of anilines is 1. The second-order valence-electron chi connectivity index (χ2n) is 9.53. The van der Waals surface area contributed by atoms with Crippen molar-refractivity contribution in [3.63, 3.8) is 0 Å².